The van der Waals surface area contributed by atoms with Gasteiger partial charge in [-0.1, -0.05) is 13.0 Å². The Bertz CT molecular complexity index is 576. The lowest BCUT2D eigenvalue weighted by Crippen LogP contribution is -2.06. The number of aromatic nitrogens is 1. The van der Waals surface area contributed by atoms with Crippen molar-refractivity contribution in [2.24, 2.45) is 0 Å². The average Bonchev–Trinajstić information content (AvgIpc) is 2.49. The Morgan fingerprint density at radius 2 is 1.95 bits per heavy atom. The molecule has 21 heavy (non-hydrogen) atoms. The van der Waals surface area contributed by atoms with Gasteiger partial charge in [-0.2, -0.15) is 0 Å². The first-order chi connectivity index (χ1) is 10.2. The summed E-state index contributed by atoms with van der Waals surface area (Å²) in [6.07, 6.45) is 3.20. The van der Waals surface area contributed by atoms with E-state index in [1.807, 2.05) is 25.1 Å². The number of nitrogen functional groups attached to an aromatic ring is 1. The molecule has 0 radical (unpaired) electrons. The van der Waals surface area contributed by atoms with Crippen LogP contribution in [0.25, 0.3) is 0 Å². The quantitative estimate of drug-likeness (QED) is 0.795. The standard InChI is InChI=1S/C16H19FN2O2/c1-2-8-20-15-11-16(14(18)10-13(15)17)21-9-6-12-5-3-4-7-19-12/h3-5,7,10-11H,2,6,8-9,18H2,1H3. The normalized spacial score (nSPS) is 10.4. The van der Waals surface area contributed by atoms with E-state index in [1.165, 1.54) is 12.1 Å². The molecular formula is C16H19FN2O2. The summed E-state index contributed by atoms with van der Waals surface area (Å²) in [5.41, 5.74) is 6.95. The van der Waals surface area contributed by atoms with Gasteiger partial charge in [-0.3, -0.25) is 4.98 Å². The number of rotatable bonds is 7. The molecule has 0 aliphatic carbocycles. The van der Waals surface area contributed by atoms with Crippen molar-refractivity contribution >= 4 is 5.69 Å². The van der Waals surface area contributed by atoms with Crippen molar-refractivity contribution in [3.05, 3.63) is 48.0 Å². The lowest BCUT2D eigenvalue weighted by atomic mass is 10.2. The van der Waals surface area contributed by atoms with Gasteiger partial charge in [-0.15, -0.1) is 0 Å². The summed E-state index contributed by atoms with van der Waals surface area (Å²) in [6, 6.07) is 8.43. The van der Waals surface area contributed by atoms with Crippen molar-refractivity contribution in [3.63, 3.8) is 0 Å². The number of benzene rings is 1. The minimum atomic E-state index is -0.474. The molecule has 1 aromatic heterocycles. The number of anilines is 1. The highest BCUT2D eigenvalue weighted by atomic mass is 19.1. The van der Waals surface area contributed by atoms with Crippen molar-refractivity contribution < 1.29 is 13.9 Å². The van der Waals surface area contributed by atoms with Crippen LogP contribution >= 0.6 is 0 Å². The van der Waals surface area contributed by atoms with Crippen LogP contribution in [0.15, 0.2) is 36.5 Å². The van der Waals surface area contributed by atoms with E-state index < -0.39 is 5.82 Å². The molecule has 112 valence electrons. The maximum Gasteiger partial charge on any atom is 0.167 e. The highest BCUT2D eigenvalue weighted by Crippen LogP contribution is 2.30. The van der Waals surface area contributed by atoms with E-state index in [0.717, 1.165) is 12.1 Å². The fourth-order valence-corrected chi connectivity index (χ4v) is 1.81. The van der Waals surface area contributed by atoms with Crippen LogP contribution in [0.5, 0.6) is 11.5 Å². The second kappa shape index (κ2) is 7.47. The number of hydrogen-bond donors (Lipinski definition) is 1. The zero-order chi connectivity index (χ0) is 15.1. The largest absolute Gasteiger partial charge is 0.491 e. The molecule has 0 spiro atoms. The van der Waals surface area contributed by atoms with E-state index in [4.69, 9.17) is 15.2 Å². The van der Waals surface area contributed by atoms with Gasteiger partial charge in [0.05, 0.1) is 18.9 Å². The van der Waals surface area contributed by atoms with Gasteiger partial charge < -0.3 is 15.2 Å². The second-order valence-electron chi connectivity index (χ2n) is 4.59. The van der Waals surface area contributed by atoms with Crippen LogP contribution in [0, 0.1) is 5.82 Å². The summed E-state index contributed by atoms with van der Waals surface area (Å²) >= 11 is 0. The zero-order valence-corrected chi connectivity index (χ0v) is 12.0. The molecule has 1 aromatic carbocycles. The molecule has 5 heteroatoms. The topological polar surface area (TPSA) is 57.4 Å². The molecule has 0 atom stereocenters. The van der Waals surface area contributed by atoms with Crippen molar-refractivity contribution in [1.29, 1.82) is 0 Å². The number of halogens is 1. The SMILES string of the molecule is CCCOc1cc(OCCc2ccccn2)c(N)cc1F. The van der Waals surface area contributed by atoms with Crippen molar-refractivity contribution in [3.8, 4) is 11.5 Å². The summed E-state index contributed by atoms with van der Waals surface area (Å²) in [6.45, 7) is 2.83. The van der Waals surface area contributed by atoms with Crippen molar-refractivity contribution in [2.45, 2.75) is 19.8 Å². The highest BCUT2D eigenvalue weighted by molar-refractivity contribution is 5.56. The molecule has 0 fully saturated rings. The molecule has 0 aliphatic heterocycles. The highest BCUT2D eigenvalue weighted by Gasteiger charge is 2.10. The lowest BCUT2D eigenvalue weighted by Gasteiger charge is -2.12. The monoisotopic (exact) mass is 290 g/mol. The van der Waals surface area contributed by atoms with E-state index >= 15 is 0 Å². The number of nitrogens with two attached hydrogens (primary N) is 1. The van der Waals surface area contributed by atoms with Gasteiger partial charge in [0.1, 0.15) is 5.75 Å². The van der Waals surface area contributed by atoms with Crippen LogP contribution in [0.2, 0.25) is 0 Å². The van der Waals surface area contributed by atoms with Crippen molar-refractivity contribution in [2.75, 3.05) is 18.9 Å². The second-order valence-corrected chi connectivity index (χ2v) is 4.59. The van der Waals surface area contributed by atoms with Gasteiger partial charge in [0.25, 0.3) is 0 Å². The van der Waals surface area contributed by atoms with Crippen LogP contribution in [-0.2, 0) is 6.42 Å². The molecule has 0 saturated heterocycles. The third-order valence-electron chi connectivity index (χ3n) is 2.87. The Morgan fingerprint density at radius 3 is 2.67 bits per heavy atom. The summed E-state index contributed by atoms with van der Waals surface area (Å²) < 4.78 is 24.6. The van der Waals surface area contributed by atoms with Crippen molar-refractivity contribution in [1.82, 2.24) is 4.98 Å². The van der Waals surface area contributed by atoms with Gasteiger partial charge in [-0.05, 0) is 18.6 Å². The summed E-state index contributed by atoms with van der Waals surface area (Å²) in [5, 5.41) is 0. The summed E-state index contributed by atoms with van der Waals surface area (Å²) in [7, 11) is 0. The minimum Gasteiger partial charge on any atom is -0.491 e. The maximum atomic E-state index is 13.7. The van der Waals surface area contributed by atoms with Gasteiger partial charge in [-0.25, -0.2) is 4.39 Å². The summed E-state index contributed by atoms with van der Waals surface area (Å²) in [5.74, 6) is 0.121. The maximum absolute atomic E-state index is 13.7. The first-order valence-corrected chi connectivity index (χ1v) is 6.95. The fourth-order valence-electron chi connectivity index (χ4n) is 1.81. The first kappa shape index (κ1) is 15.1. The minimum absolute atomic E-state index is 0.166. The Labute approximate surface area is 123 Å². The predicted octanol–water partition coefficient (Wildman–Crippen LogP) is 3.21. The molecule has 0 bridgehead atoms. The fraction of sp³-hybridized carbons (Fsp3) is 0.312. The molecular weight excluding hydrogens is 271 g/mol. The molecule has 2 aromatic rings. The van der Waals surface area contributed by atoms with Crippen LogP contribution in [0.3, 0.4) is 0 Å². The van der Waals surface area contributed by atoms with Gasteiger partial charge in [0, 0.05) is 30.4 Å². The van der Waals surface area contributed by atoms with E-state index in [2.05, 4.69) is 4.98 Å². The zero-order valence-electron chi connectivity index (χ0n) is 12.0. The molecule has 2 rings (SSSR count). The molecule has 4 nitrogen and oxygen atoms in total. The van der Waals surface area contributed by atoms with Crippen LogP contribution in [-0.4, -0.2) is 18.2 Å². The van der Waals surface area contributed by atoms with E-state index in [0.29, 0.717) is 25.4 Å². The van der Waals surface area contributed by atoms with Crippen LogP contribution in [0.1, 0.15) is 19.0 Å². The average molecular weight is 290 g/mol. The molecule has 2 N–H and O–H groups in total. The van der Waals surface area contributed by atoms with E-state index in [1.54, 1.807) is 6.20 Å². The molecule has 0 saturated carbocycles. The molecule has 0 amide bonds. The van der Waals surface area contributed by atoms with Crippen LogP contribution < -0.4 is 15.2 Å². The number of ether oxygens (including phenoxy) is 2. The number of hydrogen-bond acceptors (Lipinski definition) is 4. The van der Waals surface area contributed by atoms with E-state index in [-0.39, 0.29) is 11.4 Å². The number of nitrogens with zero attached hydrogens (tertiary/aromatic N) is 1. The smallest absolute Gasteiger partial charge is 0.167 e. The van der Waals surface area contributed by atoms with Gasteiger partial charge in [0.15, 0.2) is 11.6 Å². The molecule has 0 unspecified atom stereocenters. The van der Waals surface area contributed by atoms with Gasteiger partial charge in [0.2, 0.25) is 0 Å². The molecule has 1 heterocycles. The third kappa shape index (κ3) is 4.34. The predicted molar refractivity (Wildman–Crippen MR) is 80.0 cm³/mol. The Balaban J connectivity index is 1.98. The lowest BCUT2D eigenvalue weighted by molar-refractivity contribution is 0.291. The summed E-state index contributed by atoms with van der Waals surface area (Å²) in [4.78, 5) is 4.21. The third-order valence-corrected chi connectivity index (χ3v) is 2.87. The van der Waals surface area contributed by atoms with E-state index in [9.17, 15) is 4.39 Å². The van der Waals surface area contributed by atoms with Gasteiger partial charge >= 0.3 is 0 Å². The van der Waals surface area contributed by atoms with Crippen LogP contribution in [0.4, 0.5) is 10.1 Å². The Morgan fingerprint density at radius 1 is 1.14 bits per heavy atom. The number of pyridine rings is 1. The first-order valence-electron chi connectivity index (χ1n) is 6.95. The molecule has 0 aliphatic rings. The Kier molecular flexibility index (Phi) is 5.37. The Hall–Kier alpha value is -2.30.